The maximum absolute atomic E-state index is 13.1. The van der Waals surface area contributed by atoms with Crippen molar-refractivity contribution in [2.24, 2.45) is 0 Å². The first kappa shape index (κ1) is 21.3. The molecule has 0 unspecified atom stereocenters. The molecule has 0 aromatic heterocycles. The summed E-state index contributed by atoms with van der Waals surface area (Å²) in [6.45, 7) is 6.88. The van der Waals surface area contributed by atoms with Gasteiger partial charge in [-0.2, -0.15) is 0 Å². The summed E-state index contributed by atoms with van der Waals surface area (Å²) in [4.78, 5) is 37.5. The molecule has 0 atom stereocenters. The average Bonchev–Trinajstić information content (AvgIpc) is 2.98. The fourth-order valence-electron chi connectivity index (χ4n) is 3.22. The van der Waals surface area contributed by atoms with Crippen LogP contribution in [0.4, 0.5) is 0 Å². The first-order chi connectivity index (χ1) is 14.2. The number of rotatable bonds is 6. The highest BCUT2D eigenvalue weighted by Crippen LogP contribution is 2.39. The van der Waals surface area contributed by atoms with Crippen molar-refractivity contribution in [1.82, 2.24) is 0 Å². The maximum Gasteiger partial charge on any atom is 0.344 e. The summed E-state index contributed by atoms with van der Waals surface area (Å²) >= 11 is 0. The molecule has 6 heteroatoms. The van der Waals surface area contributed by atoms with E-state index in [-0.39, 0.29) is 18.8 Å². The van der Waals surface area contributed by atoms with Gasteiger partial charge in [-0.1, -0.05) is 30.3 Å². The van der Waals surface area contributed by atoms with Crippen LogP contribution in [0, 0.1) is 0 Å². The summed E-state index contributed by atoms with van der Waals surface area (Å²) in [5.74, 6) is -1.26. The van der Waals surface area contributed by atoms with Gasteiger partial charge in [-0.15, -0.1) is 0 Å². The molecular weight excluding hydrogens is 384 g/mol. The number of carbonyl (C=O) groups excluding carboxylic acids is 3. The van der Waals surface area contributed by atoms with Crippen molar-refractivity contribution in [3.8, 4) is 5.75 Å². The lowest BCUT2D eigenvalue weighted by Gasteiger charge is -2.19. The first-order valence-electron chi connectivity index (χ1n) is 9.72. The fourth-order valence-corrected chi connectivity index (χ4v) is 3.22. The zero-order chi connectivity index (χ0) is 21.9. The van der Waals surface area contributed by atoms with E-state index in [2.05, 4.69) is 0 Å². The molecule has 0 spiro atoms. The van der Waals surface area contributed by atoms with Crippen molar-refractivity contribution < 1.29 is 28.6 Å². The normalized spacial score (nSPS) is 13.1. The van der Waals surface area contributed by atoms with Crippen LogP contribution in [0.25, 0.3) is 5.57 Å². The largest absolute Gasteiger partial charge is 0.482 e. The third-order valence-corrected chi connectivity index (χ3v) is 4.30. The van der Waals surface area contributed by atoms with Crippen LogP contribution in [0.3, 0.4) is 0 Å². The molecule has 0 saturated heterocycles. The summed E-state index contributed by atoms with van der Waals surface area (Å²) < 4.78 is 15.9. The Morgan fingerprint density at radius 1 is 0.967 bits per heavy atom. The minimum atomic E-state index is -0.659. The Morgan fingerprint density at radius 2 is 1.67 bits per heavy atom. The Balaban J connectivity index is 1.92. The van der Waals surface area contributed by atoms with E-state index in [4.69, 9.17) is 14.2 Å². The van der Waals surface area contributed by atoms with E-state index in [1.54, 1.807) is 39.8 Å². The third kappa shape index (κ3) is 4.59. The van der Waals surface area contributed by atoms with Gasteiger partial charge in [-0.3, -0.25) is 4.79 Å². The van der Waals surface area contributed by atoms with Crippen LogP contribution >= 0.6 is 0 Å². The van der Waals surface area contributed by atoms with Crippen LogP contribution in [-0.2, 0) is 19.1 Å². The number of benzene rings is 2. The van der Waals surface area contributed by atoms with E-state index in [1.165, 1.54) is 6.07 Å². The quantitative estimate of drug-likeness (QED) is 0.532. The molecule has 0 N–H and O–H groups in total. The Kier molecular flexibility index (Phi) is 6.06. The Labute approximate surface area is 175 Å². The molecule has 156 valence electrons. The van der Waals surface area contributed by atoms with E-state index < -0.39 is 23.3 Å². The highest BCUT2D eigenvalue weighted by atomic mass is 16.6. The number of ketones is 1. The lowest BCUT2D eigenvalue weighted by atomic mass is 9.97. The topological polar surface area (TPSA) is 78.9 Å². The number of Topliss-reactive ketones (excluding diaryl/α,β-unsaturated/α-hetero) is 1. The zero-order valence-electron chi connectivity index (χ0n) is 17.5. The van der Waals surface area contributed by atoms with Crippen molar-refractivity contribution in [3.63, 3.8) is 0 Å². The molecule has 0 radical (unpaired) electrons. The number of ether oxygens (including phenoxy) is 3. The van der Waals surface area contributed by atoms with Crippen molar-refractivity contribution in [2.45, 2.75) is 33.3 Å². The molecule has 0 bridgehead atoms. The molecule has 0 amide bonds. The van der Waals surface area contributed by atoms with Crippen LogP contribution in [0.2, 0.25) is 0 Å². The maximum atomic E-state index is 13.1. The Hall–Kier alpha value is -3.41. The number of hydrogen-bond acceptors (Lipinski definition) is 6. The van der Waals surface area contributed by atoms with E-state index >= 15 is 0 Å². The lowest BCUT2D eigenvalue weighted by molar-refractivity contribution is -0.157. The van der Waals surface area contributed by atoms with Crippen molar-refractivity contribution in [3.05, 3.63) is 70.8 Å². The Bertz CT molecular complexity index is 1010. The van der Waals surface area contributed by atoms with Crippen molar-refractivity contribution >= 4 is 23.3 Å². The van der Waals surface area contributed by atoms with Crippen LogP contribution in [-0.4, -0.2) is 36.5 Å². The van der Waals surface area contributed by atoms with E-state index in [0.29, 0.717) is 22.4 Å². The SMILES string of the molecule is CCOC(=O)C1=C(c2ccccc2)c2ccc(OCC(=O)OC(C)(C)C)cc2C1=O. The average molecular weight is 408 g/mol. The predicted octanol–water partition coefficient (Wildman–Crippen LogP) is 3.97. The molecule has 0 aliphatic heterocycles. The van der Waals surface area contributed by atoms with E-state index in [1.807, 2.05) is 30.3 Å². The smallest absolute Gasteiger partial charge is 0.344 e. The molecule has 1 aliphatic rings. The molecular formula is C24H24O6. The van der Waals surface area contributed by atoms with Gasteiger partial charge in [-0.05, 0) is 57.0 Å². The summed E-state index contributed by atoms with van der Waals surface area (Å²) in [5.41, 5.74) is 1.62. The van der Waals surface area contributed by atoms with Crippen molar-refractivity contribution in [2.75, 3.05) is 13.2 Å². The fraction of sp³-hybridized carbons (Fsp3) is 0.292. The number of fused-ring (bicyclic) bond motifs is 1. The van der Waals surface area contributed by atoms with Gasteiger partial charge in [0.2, 0.25) is 5.78 Å². The van der Waals surface area contributed by atoms with Crippen LogP contribution < -0.4 is 4.74 Å². The van der Waals surface area contributed by atoms with Crippen LogP contribution in [0.1, 0.15) is 49.2 Å². The van der Waals surface area contributed by atoms with Gasteiger partial charge in [0.05, 0.1) is 6.61 Å². The third-order valence-electron chi connectivity index (χ3n) is 4.30. The molecule has 30 heavy (non-hydrogen) atoms. The lowest BCUT2D eigenvalue weighted by Crippen LogP contribution is -2.27. The van der Waals surface area contributed by atoms with Gasteiger partial charge in [0.25, 0.3) is 0 Å². The second-order valence-electron chi connectivity index (χ2n) is 7.75. The van der Waals surface area contributed by atoms with Crippen molar-refractivity contribution in [1.29, 1.82) is 0 Å². The minimum absolute atomic E-state index is 0.00217. The molecule has 2 aromatic rings. The minimum Gasteiger partial charge on any atom is -0.482 e. The second kappa shape index (κ2) is 8.53. The van der Waals surface area contributed by atoms with E-state index in [9.17, 15) is 14.4 Å². The number of hydrogen-bond donors (Lipinski definition) is 0. The first-order valence-corrected chi connectivity index (χ1v) is 9.72. The predicted molar refractivity (Wildman–Crippen MR) is 111 cm³/mol. The summed E-state index contributed by atoms with van der Waals surface area (Å²) in [6, 6.07) is 14.1. The highest BCUT2D eigenvalue weighted by molar-refractivity contribution is 6.35. The van der Waals surface area contributed by atoms with Gasteiger partial charge < -0.3 is 14.2 Å². The zero-order valence-corrected chi connectivity index (χ0v) is 17.5. The summed E-state index contributed by atoms with van der Waals surface area (Å²) in [6.07, 6.45) is 0. The molecule has 0 saturated carbocycles. The highest BCUT2D eigenvalue weighted by Gasteiger charge is 2.36. The van der Waals surface area contributed by atoms with Gasteiger partial charge in [0.15, 0.2) is 6.61 Å². The monoisotopic (exact) mass is 408 g/mol. The van der Waals surface area contributed by atoms with Gasteiger partial charge in [-0.25, -0.2) is 9.59 Å². The number of carbonyl (C=O) groups is 3. The molecule has 1 aliphatic carbocycles. The van der Waals surface area contributed by atoms with Gasteiger partial charge >= 0.3 is 11.9 Å². The standard InChI is InChI=1S/C24H24O6/c1-5-28-23(27)21-20(15-9-7-6-8-10-15)17-12-11-16(13-18(17)22(21)26)29-14-19(25)30-24(2,3)4/h6-13H,5,14H2,1-4H3. The molecule has 6 nitrogen and oxygen atoms in total. The molecule has 3 rings (SSSR count). The number of esters is 2. The summed E-state index contributed by atoms with van der Waals surface area (Å²) in [7, 11) is 0. The van der Waals surface area contributed by atoms with E-state index in [0.717, 1.165) is 5.56 Å². The molecule has 2 aromatic carbocycles. The summed E-state index contributed by atoms with van der Waals surface area (Å²) in [5, 5.41) is 0. The van der Waals surface area contributed by atoms with Crippen LogP contribution in [0.5, 0.6) is 5.75 Å². The second-order valence-corrected chi connectivity index (χ2v) is 7.75. The molecule has 0 fully saturated rings. The van der Waals surface area contributed by atoms with Gasteiger partial charge in [0.1, 0.15) is 16.9 Å². The Morgan fingerprint density at radius 3 is 2.30 bits per heavy atom. The van der Waals surface area contributed by atoms with Gasteiger partial charge in [0, 0.05) is 11.1 Å². The van der Waals surface area contributed by atoms with Crippen LogP contribution in [0.15, 0.2) is 54.1 Å². The molecule has 0 heterocycles.